The van der Waals surface area contributed by atoms with Crippen molar-refractivity contribution in [2.24, 2.45) is 0 Å². The molecule has 0 radical (unpaired) electrons. The zero-order valence-electron chi connectivity index (χ0n) is 13.4. The van der Waals surface area contributed by atoms with Gasteiger partial charge in [0.2, 0.25) is 9.84 Å². The van der Waals surface area contributed by atoms with E-state index in [-0.39, 0.29) is 9.79 Å². The lowest BCUT2D eigenvalue weighted by molar-refractivity contribution is -0.348. The van der Waals surface area contributed by atoms with Crippen molar-refractivity contribution >= 4 is 21.4 Å². The van der Waals surface area contributed by atoms with Gasteiger partial charge in [0.1, 0.15) is 0 Å². The second kappa shape index (κ2) is 7.05. The van der Waals surface area contributed by atoms with Gasteiger partial charge in [-0.15, -0.1) is 0 Å². The van der Waals surface area contributed by atoms with E-state index in [1.54, 1.807) is 0 Å². The quantitative estimate of drug-likeness (QED) is 0.731. The number of carbonyl (C=O) groups excluding carboxylic acids is 1. The van der Waals surface area contributed by atoms with Crippen LogP contribution in [0.15, 0.2) is 58.6 Å². The van der Waals surface area contributed by atoms with Crippen molar-refractivity contribution in [3.05, 3.63) is 48.8 Å². The highest BCUT2D eigenvalue weighted by Crippen LogP contribution is 2.43. The molecule has 152 valence electrons. The first-order valence-electron chi connectivity index (χ1n) is 7.13. The molecule has 6 nitrogen and oxygen atoms in total. The Balaban J connectivity index is 2.31. The largest absolute Gasteiger partial charge is 0.435 e. The molecule has 0 aliphatic carbocycles. The van der Waals surface area contributed by atoms with Crippen LogP contribution in [0.5, 0.6) is 0 Å². The van der Waals surface area contributed by atoms with E-state index in [0.717, 1.165) is 24.3 Å². The summed E-state index contributed by atoms with van der Waals surface area (Å²) in [4.78, 5) is 14.7. The van der Waals surface area contributed by atoms with Crippen LogP contribution >= 0.6 is 0 Å². The topological polar surface area (TPSA) is 96.4 Å². The normalized spacial score (nSPS) is 13.2. The molecule has 0 saturated carbocycles. The number of alkyl halides is 6. The molecule has 0 fully saturated rings. The number of sulfone groups is 1. The highest BCUT2D eigenvalue weighted by molar-refractivity contribution is 7.91. The summed E-state index contributed by atoms with van der Waals surface area (Å²) >= 11 is 0. The molecule has 0 atom stereocenters. The van der Waals surface area contributed by atoms with Crippen LogP contribution in [0.3, 0.4) is 0 Å². The van der Waals surface area contributed by atoms with Gasteiger partial charge in [-0.3, -0.25) is 9.78 Å². The Kier molecular flexibility index (Phi) is 5.45. The van der Waals surface area contributed by atoms with E-state index in [1.165, 1.54) is 29.8 Å². The Morgan fingerprint density at radius 1 is 0.857 bits per heavy atom. The maximum atomic E-state index is 12.6. The predicted molar refractivity (Wildman–Crippen MR) is 81.8 cm³/mol. The number of aromatic nitrogens is 1. The number of pyridine rings is 1. The summed E-state index contributed by atoms with van der Waals surface area (Å²) in [5, 5.41) is 10.3. The van der Waals surface area contributed by atoms with Crippen LogP contribution in [0, 0.1) is 0 Å². The number of nitrogens with one attached hydrogen (secondary N) is 1. The molecule has 0 spiro atoms. The van der Waals surface area contributed by atoms with Gasteiger partial charge >= 0.3 is 18.0 Å². The molecule has 1 heterocycles. The van der Waals surface area contributed by atoms with Crippen molar-refractivity contribution in [1.82, 2.24) is 4.98 Å². The minimum absolute atomic E-state index is 0.150. The second-order valence-electron chi connectivity index (χ2n) is 5.37. The number of aliphatic hydroxyl groups is 1. The van der Waals surface area contributed by atoms with Gasteiger partial charge in [0, 0.05) is 18.1 Å². The molecule has 0 aliphatic rings. The van der Waals surface area contributed by atoms with E-state index < -0.39 is 39.4 Å². The van der Waals surface area contributed by atoms with Crippen molar-refractivity contribution in [1.29, 1.82) is 0 Å². The maximum Gasteiger partial charge on any atom is 0.435 e. The minimum Gasteiger partial charge on any atom is -0.366 e. The Labute approximate surface area is 153 Å². The highest BCUT2D eigenvalue weighted by Gasteiger charge is 2.75. The van der Waals surface area contributed by atoms with E-state index in [1.807, 2.05) is 0 Å². The lowest BCUT2D eigenvalue weighted by atomic mass is 10.0. The summed E-state index contributed by atoms with van der Waals surface area (Å²) in [5.74, 6) is -2.78. The molecule has 0 unspecified atom stereocenters. The fourth-order valence-electron chi connectivity index (χ4n) is 2.01. The Morgan fingerprint density at radius 3 is 1.71 bits per heavy atom. The molecule has 0 bridgehead atoms. The van der Waals surface area contributed by atoms with Gasteiger partial charge in [0.15, 0.2) is 0 Å². The summed E-state index contributed by atoms with van der Waals surface area (Å²) in [6, 6.07) is 5.64. The summed E-state index contributed by atoms with van der Waals surface area (Å²) in [6.07, 6.45) is -10.3. The van der Waals surface area contributed by atoms with E-state index in [4.69, 9.17) is 5.11 Å². The number of halogens is 6. The van der Waals surface area contributed by atoms with Gasteiger partial charge in [-0.25, -0.2) is 8.42 Å². The first-order valence-corrected chi connectivity index (χ1v) is 8.62. The Morgan fingerprint density at radius 2 is 1.29 bits per heavy atom. The smallest absolute Gasteiger partial charge is 0.366 e. The molecule has 0 saturated heterocycles. The third kappa shape index (κ3) is 3.80. The van der Waals surface area contributed by atoms with Crippen LogP contribution in [0.4, 0.5) is 32.0 Å². The lowest BCUT2D eigenvalue weighted by Gasteiger charge is -2.30. The van der Waals surface area contributed by atoms with Crippen molar-refractivity contribution in [3.63, 3.8) is 0 Å². The van der Waals surface area contributed by atoms with E-state index >= 15 is 0 Å². The molecule has 1 amide bonds. The average molecular weight is 428 g/mol. The molecular formula is C15H10F6N2O4S. The molecule has 2 N–H and O–H groups in total. The van der Waals surface area contributed by atoms with Gasteiger partial charge in [0.05, 0.1) is 9.79 Å². The number of benzene rings is 1. The number of amides is 1. The summed E-state index contributed by atoms with van der Waals surface area (Å²) in [6.45, 7) is 0. The minimum atomic E-state index is -6.33. The highest BCUT2D eigenvalue weighted by atomic mass is 32.2. The number of hydrogen-bond donors (Lipinski definition) is 2. The molecule has 13 heteroatoms. The third-order valence-corrected chi connectivity index (χ3v) is 5.32. The van der Waals surface area contributed by atoms with Crippen molar-refractivity contribution < 1.29 is 44.7 Å². The van der Waals surface area contributed by atoms with Crippen LogP contribution in [-0.4, -0.2) is 42.4 Å². The van der Waals surface area contributed by atoms with Crippen LogP contribution in [0.25, 0.3) is 0 Å². The van der Waals surface area contributed by atoms with Crippen molar-refractivity contribution in [2.75, 3.05) is 5.32 Å². The standard InChI is InChI=1S/C15H10F6N2O4S/c16-14(17,18)13(25,15(19,20)21)12(24)23-9-1-3-10(4-2-9)28(26,27)11-5-7-22-8-6-11/h1-8,25H,(H,23,24). The second-order valence-corrected chi connectivity index (χ2v) is 7.32. The average Bonchev–Trinajstić information content (AvgIpc) is 2.60. The predicted octanol–water partition coefficient (Wildman–Crippen LogP) is 2.71. The van der Waals surface area contributed by atoms with Crippen molar-refractivity contribution in [2.45, 2.75) is 27.7 Å². The van der Waals surface area contributed by atoms with E-state index in [9.17, 15) is 39.6 Å². The summed E-state index contributed by atoms with van der Waals surface area (Å²) in [5.41, 5.74) is -6.23. The molecule has 2 aromatic rings. The first-order chi connectivity index (χ1) is 12.7. The molecule has 0 aliphatic heterocycles. The number of rotatable bonds is 4. The van der Waals surface area contributed by atoms with Gasteiger partial charge < -0.3 is 10.4 Å². The monoisotopic (exact) mass is 428 g/mol. The summed E-state index contributed by atoms with van der Waals surface area (Å²) < 4.78 is 101. The van der Waals surface area contributed by atoms with Gasteiger partial charge in [-0.1, -0.05) is 0 Å². The fourth-order valence-corrected chi connectivity index (χ4v) is 3.26. The third-order valence-electron chi connectivity index (χ3n) is 3.53. The molecule has 28 heavy (non-hydrogen) atoms. The zero-order valence-corrected chi connectivity index (χ0v) is 14.2. The van der Waals surface area contributed by atoms with Crippen LogP contribution < -0.4 is 5.32 Å². The number of carbonyl (C=O) groups is 1. The van der Waals surface area contributed by atoms with Gasteiger partial charge in [-0.2, -0.15) is 26.3 Å². The Bertz CT molecular complexity index is 943. The van der Waals surface area contributed by atoms with E-state index in [2.05, 4.69) is 4.98 Å². The number of anilines is 1. The van der Waals surface area contributed by atoms with Crippen LogP contribution in [-0.2, 0) is 14.6 Å². The van der Waals surface area contributed by atoms with Crippen LogP contribution in [0.2, 0.25) is 0 Å². The molecule has 1 aromatic carbocycles. The number of hydrogen-bond acceptors (Lipinski definition) is 5. The van der Waals surface area contributed by atoms with Gasteiger partial charge in [0.25, 0.3) is 5.91 Å². The molecule has 1 aromatic heterocycles. The SMILES string of the molecule is O=C(Nc1ccc(S(=O)(=O)c2ccncc2)cc1)C(O)(C(F)(F)F)C(F)(F)F. The molecular weight excluding hydrogens is 418 g/mol. The van der Waals surface area contributed by atoms with Crippen LogP contribution in [0.1, 0.15) is 0 Å². The summed E-state index contributed by atoms with van der Waals surface area (Å²) in [7, 11) is -4.02. The lowest BCUT2D eigenvalue weighted by Crippen LogP contribution is -2.64. The van der Waals surface area contributed by atoms with Gasteiger partial charge in [-0.05, 0) is 36.4 Å². The maximum absolute atomic E-state index is 12.6. The zero-order chi connectivity index (χ0) is 21.4. The van der Waals surface area contributed by atoms with Crippen molar-refractivity contribution in [3.8, 4) is 0 Å². The van der Waals surface area contributed by atoms with E-state index in [0.29, 0.717) is 0 Å². The molecule has 2 rings (SSSR count). The fraction of sp³-hybridized carbons (Fsp3) is 0.200. The number of nitrogens with zero attached hydrogens (tertiary/aromatic N) is 1. The first kappa shape index (κ1) is 21.6. The Hall–Kier alpha value is -2.67.